The molecule has 2 N–H and O–H groups in total. The highest BCUT2D eigenvalue weighted by atomic mass is 19.4. The summed E-state index contributed by atoms with van der Waals surface area (Å²) in [5, 5.41) is 10.9. The van der Waals surface area contributed by atoms with Gasteiger partial charge in [0.2, 0.25) is 0 Å². The van der Waals surface area contributed by atoms with E-state index in [2.05, 4.69) is 5.32 Å². The Morgan fingerprint density at radius 2 is 2.05 bits per heavy atom. The lowest BCUT2D eigenvalue weighted by Gasteiger charge is -2.14. The molecule has 0 fully saturated rings. The number of alkyl halides is 3. The highest BCUT2D eigenvalue weighted by Gasteiger charge is 2.30. The molecule has 8 heteroatoms. The summed E-state index contributed by atoms with van der Waals surface area (Å²) in [4.78, 5) is 22.3. The van der Waals surface area contributed by atoms with Gasteiger partial charge in [0.1, 0.15) is 0 Å². The maximum Gasteiger partial charge on any atom is 0.416 e. The first-order chi connectivity index (χ1) is 9.74. The quantitative estimate of drug-likeness (QED) is 0.842. The maximum absolute atomic E-state index is 12.5. The molecule has 0 saturated heterocycles. The number of hydrogen-bond acceptors (Lipinski definition) is 3. The van der Waals surface area contributed by atoms with E-state index >= 15 is 0 Å². The molecule has 0 aliphatic heterocycles. The predicted molar refractivity (Wildman–Crippen MR) is 66.8 cm³/mol. The number of carboxylic acid groups (broad SMARTS) is 1. The molecule has 1 atom stereocenters. The van der Waals surface area contributed by atoms with Crippen molar-refractivity contribution in [3.8, 4) is 0 Å². The average Bonchev–Trinajstić information content (AvgIpc) is 2.41. The number of methoxy groups -OCH3 is 1. The van der Waals surface area contributed by atoms with Crippen LogP contribution in [0.15, 0.2) is 24.3 Å². The lowest BCUT2D eigenvalue weighted by Crippen LogP contribution is -2.34. The Labute approximate surface area is 118 Å². The van der Waals surface area contributed by atoms with Gasteiger partial charge in [-0.2, -0.15) is 13.2 Å². The Bertz CT molecular complexity index is 516. The molecule has 1 rings (SSSR count). The minimum atomic E-state index is -4.53. The van der Waals surface area contributed by atoms with Crippen LogP contribution in [-0.4, -0.2) is 36.7 Å². The van der Waals surface area contributed by atoms with Crippen LogP contribution in [0.3, 0.4) is 0 Å². The Balaban J connectivity index is 2.70. The topological polar surface area (TPSA) is 75.6 Å². The smallest absolute Gasteiger partial charge is 0.416 e. The Morgan fingerprint density at radius 1 is 1.38 bits per heavy atom. The second-order valence-electron chi connectivity index (χ2n) is 4.24. The van der Waals surface area contributed by atoms with Gasteiger partial charge in [0.15, 0.2) is 0 Å². The van der Waals surface area contributed by atoms with Crippen molar-refractivity contribution in [2.24, 2.45) is 0 Å². The molecule has 1 unspecified atom stereocenters. The monoisotopic (exact) mass is 305 g/mol. The minimum Gasteiger partial charge on any atom is -0.481 e. The predicted octanol–water partition coefficient (Wildman–Crippen LogP) is 1.92. The zero-order valence-corrected chi connectivity index (χ0v) is 11.1. The van der Waals surface area contributed by atoms with Crippen molar-refractivity contribution in [3.63, 3.8) is 0 Å². The molecule has 0 heterocycles. The van der Waals surface area contributed by atoms with E-state index in [1.807, 2.05) is 0 Å². The van der Waals surface area contributed by atoms with Crippen molar-refractivity contribution in [2.75, 3.05) is 13.7 Å². The van der Waals surface area contributed by atoms with Gasteiger partial charge >= 0.3 is 12.1 Å². The van der Waals surface area contributed by atoms with Crippen LogP contribution in [0, 0.1) is 0 Å². The number of halogens is 3. The lowest BCUT2D eigenvalue weighted by molar-refractivity contribution is -0.140. The van der Waals surface area contributed by atoms with Gasteiger partial charge in [-0.05, 0) is 18.2 Å². The number of amides is 1. The van der Waals surface area contributed by atoms with E-state index < -0.39 is 29.7 Å². The first kappa shape index (κ1) is 17.0. The first-order valence-electron chi connectivity index (χ1n) is 5.94. The van der Waals surface area contributed by atoms with Crippen molar-refractivity contribution in [3.05, 3.63) is 35.4 Å². The molecule has 0 bridgehead atoms. The summed E-state index contributed by atoms with van der Waals surface area (Å²) in [7, 11) is 1.28. The van der Waals surface area contributed by atoms with Crippen LogP contribution in [0.1, 0.15) is 22.3 Å². The highest BCUT2D eigenvalue weighted by Crippen LogP contribution is 2.29. The SMILES string of the molecule is COC(CNC(=O)c1cccc(C(F)(F)F)c1)CC(=O)O. The molecule has 21 heavy (non-hydrogen) atoms. The minimum absolute atomic E-state index is 0.113. The van der Waals surface area contributed by atoms with Crippen molar-refractivity contribution in [2.45, 2.75) is 18.7 Å². The lowest BCUT2D eigenvalue weighted by atomic mass is 10.1. The van der Waals surface area contributed by atoms with Crippen molar-refractivity contribution < 1.29 is 32.6 Å². The van der Waals surface area contributed by atoms with Crippen LogP contribution in [0.25, 0.3) is 0 Å². The maximum atomic E-state index is 12.5. The second-order valence-corrected chi connectivity index (χ2v) is 4.24. The van der Waals surface area contributed by atoms with Gasteiger partial charge in [0.05, 0.1) is 18.1 Å². The van der Waals surface area contributed by atoms with Gasteiger partial charge in [-0.3, -0.25) is 9.59 Å². The molecule has 0 aromatic heterocycles. The van der Waals surface area contributed by atoms with E-state index in [-0.39, 0.29) is 18.5 Å². The van der Waals surface area contributed by atoms with Crippen LogP contribution in [0.2, 0.25) is 0 Å². The van der Waals surface area contributed by atoms with Crippen LogP contribution in [-0.2, 0) is 15.7 Å². The standard InChI is InChI=1S/C13H14F3NO4/c1-21-10(6-11(18)19)7-17-12(20)8-3-2-4-9(5-8)13(14,15)16/h2-5,10H,6-7H2,1H3,(H,17,20)(H,18,19). The fourth-order valence-electron chi connectivity index (χ4n) is 1.58. The van der Waals surface area contributed by atoms with Crippen molar-refractivity contribution in [1.82, 2.24) is 5.32 Å². The van der Waals surface area contributed by atoms with Crippen LogP contribution in [0.5, 0.6) is 0 Å². The number of carbonyl (C=O) groups excluding carboxylic acids is 1. The fourth-order valence-corrected chi connectivity index (χ4v) is 1.58. The summed E-state index contributed by atoms with van der Waals surface area (Å²) in [6.45, 7) is -0.113. The molecule has 116 valence electrons. The van der Waals surface area contributed by atoms with E-state index in [0.717, 1.165) is 18.2 Å². The third-order valence-electron chi connectivity index (χ3n) is 2.68. The summed E-state index contributed by atoms with van der Waals surface area (Å²) in [6, 6.07) is 3.96. The van der Waals surface area contributed by atoms with Gasteiger partial charge in [-0.1, -0.05) is 6.07 Å². The van der Waals surface area contributed by atoms with Crippen LogP contribution in [0.4, 0.5) is 13.2 Å². The molecule has 0 radical (unpaired) electrons. The zero-order valence-electron chi connectivity index (χ0n) is 11.1. The van der Waals surface area contributed by atoms with Gasteiger partial charge < -0.3 is 15.2 Å². The van der Waals surface area contributed by atoms with Crippen molar-refractivity contribution in [1.29, 1.82) is 0 Å². The van der Waals surface area contributed by atoms with E-state index in [1.165, 1.54) is 13.2 Å². The van der Waals surface area contributed by atoms with E-state index in [1.54, 1.807) is 0 Å². The third-order valence-corrected chi connectivity index (χ3v) is 2.68. The first-order valence-corrected chi connectivity index (χ1v) is 5.94. The normalized spacial score (nSPS) is 12.8. The number of nitrogens with one attached hydrogen (secondary N) is 1. The number of ether oxygens (including phenoxy) is 1. The second kappa shape index (κ2) is 7.07. The highest BCUT2D eigenvalue weighted by molar-refractivity contribution is 5.94. The molecule has 0 saturated carbocycles. The van der Waals surface area contributed by atoms with Gasteiger partial charge in [0.25, 0.3) is 5.91 Å². The Morgan fingerprint density at radius 3 is 2.57 bits per heavy atom. The molecule has 0 aliphatic rings. The Hall–Kier alpha value is -2.09. The molecule has 0 spiro atoms. The van der Waals surface area contributed by atoms with E-state index in [9.17, 15) is 22.8 Å². The number of carbonyl (C=O) groups is 2. The number of benzene rings is 1. The van der Waals surface area contributed by atoms with Gasteiger partial charge in [0, 0.05) is 19.2 Å². The summed E-state index contributed by atoms with van der Waals surface area (Å²) in [5.41, 5.74) is -1.08. The number of aliphatic carboxylic acids is 1. The van der Waals surface area contributed by atoms with Crippen molar-refractivity contribution >= 4 is 11.9 Å². The third kappa shape index (κ3) is 5.42. The average molecular weight is 305 g/mol. The van der Waals surface area contributed by atoms with E-state index in [4.69, 9.17) is 9.84 Å². The summed E-state index contributed by atoms with van der Waals surface area (Å²) < 4.78 is 42.4. The van der Waals surface area contributed by atoms with Crippen LogP contribution < -0.4 is 5.32 Å². The largest absolute Gasteiger partial charge is 0.481 e. The molecule has 1 amide bonds. The Kier molecular flexibility index (Phi) is 5.71. The molecule has 5 nitrogen and oxygen atoms in total. The summed E-state index contributed by atoms with van der Waals surface area (Å²) in [5.74, 6) is -1.83. The summed E-state index contributed by atoms with van der Waals surface area (Å²) >= 11 is 0. The molecule has 0 aliphatic carbocycles. The number of carboxylic acids is 1. The van der Waals surface area contributed by atoms with E-state index in [0.29, 0.717) is 0 Å². The zero-order chi connectivity index (χ0) is 16.0. The number of rotatable bonds is 6. The number of hydrogen-bond donors (Lipinski definition) is 2. The molecular formula is C13H14F3NO4. The van der Waals surface area contributed by atoms with Gasteiger partial charge in [-0.15, -0.1) is 0 Å². The molecular weight excluding hydrogens is 291 g/mol. The molecule has 1 aromatic rings. The van der Waals surface area contributed by atoms with Gasteiger partial charge in [-0.25, -0.2) is 0 Å². The molecule has 1 aromatic carbocycles. The fraction of sp³-hybridized carbons (Fsp3) is 0.385. The van der Waals surface area contributed by atoms with Crippen LogP contribution >= 0.6 is 0 Å². The summed E-state index contributed by atoms with van der Waals surface area (Å²) in [6.07, 6.45) is -5.61.